The largest absolute Gasteiger partial charge is 0.497 e. The minimum atomic E-state index is -0.0282. The molecule has 1 fully saturated rings. The van der Waals surface area contributed by atoms with Crippen LogP contribution in [0.15, 0.2) is 59.1 Å². The third-order valence-corrected chi connectivity index (χ3v) is 5.32. The van der Waals surface area contributed by atoms with Gasteiger partial charge in [-0.3, -0.25) is 4.79 Å². The van der Waals surface area contributed by atoms with Crippen molar-refractivity contribution in [3.63, 3.8) is 0 Å². The van der Waals surface area contributed by atoms with Crippen molar-refractivity contribution in [2.75, 3.05) is 20.3 Å². The smallest absolute Gasteiger partial charge is 0.254 e. The third-order valence-electron chi connectivity index (χ3n) is 5.32. The number of carbonyl (C=O) groups excluding carboxylic acids is 1. The van der Waals surface area contributed by atoms with E-state index in [1.165, 1.54) is 0 Å². The maximum Gasteiger partial charge on any atom is 0.254 e. The van der Waals surface area contributed by atoms with E-state index in [9.17, 15) is 4.79 Å². The molecular weight excluding hydrogens is 380 g/mol. The molecule has 0 unspecified atom stereocenters. The molecule has 1 aliphatic heterocycles. The van der Waals surface area contributed by atoms with Crippen molar-refractivity contribution >= 4 is 5.91 Å². The first-order valence-electron chi connectivity index (χ1n) is 10.2. The lowest BCUT2D eigenvalue weighted by Gasteiger charge is -2.24. The van der Waals surface area contributed by atoms with Crippen LogP contribution in [0.2, 0.25) is 0 Å². The van der Waals surface area contributed by atoms with Crippen LogP contribution in [-0.2, 0) is 11.3 Å². The summed E-state index contributed by atoms with van der Waals surface area (Å²) in [6.45, 7) is 3.67. The van der Waals surface area contributed by atoms with Crippen LogP contribution in [-0.4, -0.2) is 42.3 Å². The highest BCUT2D eigenvalue weighted by Gasteiger charge is 2.24. The SMILES string of the molecule is COc1ccc(-c2cc(CN(C[C@H]3CCCO3)C(=O)c3ccc(C)cc3)no2)cc1. The Labute approximate surface area is 176 Å². The van der Waals surface area contributed by atoms with Gasteiger partial charge in [0, 0.05) is 30.3 Å². The van der Waals surface area contributed by atoms with Gasteiger partial charge < -0.3 is 18.9 Å². The Morgan fingerprint density at radius 2 is 1.93 bits per heavy atom. The molecule has 2 aromatic carbocycles. The molecule has 1 saturated heterocycles. The average molecular weight is 406 g/mol. The van der Waals surface area contributed by atoms with E-state index in [1.54, 1.807) is 12.0 Å². The second-order valence-electron chi connectivity index (χ2n) is 7.60. The number of rotatable bonds is 7. The summed E-state index contributed by atoms with van der Waals surface area (Å²) in [7, 11) is 1.63. The first-order valence-corrected chi connectivity index (χ1v) is 10.2. The lowest BCUT2D eigenvalue weighted by atomic mass is 10.1. The molecule has 156 valence electrons. The molecular formula is C24H26N2O4. The summed E-state index contributed by atoms with van der Waals surface area (Å²) in [5.41, 5.74) is 3.40. The molecule has 0 bridgehead atoms. The topological polar surface area (TPSA) is 64.8 Å². The van der Waals surface area contributed by atoms with Crippen LogP contribution in [0.1, 0.15) is 34.5 Å². The van der Waals surface area contributed by atoms with Crippen LogP contribution >= 0.6 is 0 Å². The van der Waals surface area contributed by atoms with Crippen LogP contribution < -0.4 is 4.74 Å². The summed E-state index contributed by atoms with van der Waals surface area (Å²) < 4.78 is 16.5. The highest BCUT2D eigenvalue weighted by atomic mass is 16.5. The number of aromatic nitrogens is 1. The maximum absolute atomic E-state index is 13.2. The lowest BCUT2D eigenvalue weighted by molar-refractivity contribution is 0.0502. The molecule has 0 N–H and O–H groups in total. The van der Waals surface area contributed by atoms with Gasteiger partial charge in [-0.15, -0.1) is 0 Å². The number of hydrogen-bond donors (Lipinski definition) is 0. The van der Waals surface area contributed by atoms with E-state index in [-0.39, 0.29) is 12.0 Å². The standard InChI is InChI=1S/C24H26N2O4/c1-17-5-7-19(8-6-17)24(27)26(16-22-4-3-13-29-22)15-20-14-23(30-25-20)18-9-11-21(28-2)12-10-18/h5-12,14,22H,3-4,13,15-16H2,1-2H3/t22-/m1/s1. The molecule has 6 nitrogen and oxygen atoms in total. The van der Waals surface area contributed by atoms with Crippen molar-refractivity contribution in [1.29, 1.82) is 0 Å². The number of methoxy groups -OCH3 is 1. The zero-order valence-electron chi connectivity index (χ0n) is 17.3. The summed E-state index contributed by atoms with van der Waals surface area (Å²) in [4.78, 5) is 15.0. The van der Waals surface area contributed by atoms with Gasteiger partial charge in [0.1, 0.15) is 11.4 Å². The van der Waals surface area contributed by atoms with E-state index in [2.05, 4.69) is 5.16 Å². The van der Waals surface area contributed by atoms with Crippen LogP contribution in [0.5, 0.6) is 5.75 Å². The molecule has 0 saturated carbocycles. The predicted molar refractivity (Wildman–Crippen MR) is 113 cm³/mol. The van der Waals surface area contributed by atoms with E-state index in [0.29, 0.717) is 30.1 Å². The number of aryl methyl sites for hydroxylation is 1. The number of hydrogen-bond acceptors (Lipinski definition) is 5. The van der Waals surface area contributed by atoms with Crippen molar-refractivity contribution in [2.24, 2.45) is 0 Å². The highest BCUT2D eigenvalue weighted by molar-refractivity contribution is 5.94. The second-order valence-corrected chi connectivity index (χ2v) is 7.60. The van der Waals surface area contributed by atoms with Gasteiger partial charge in [-0.1, -0.05) is 22.9 Å². The first-order chi connectivity index (χ1) is 14.6. The van der Waals surface area contributed by atoms with E-state index < -0.39 is 0 Å². The van der Waals surface area contributed by atoms with Crippen molar-refractivity contribution < 1.29 is 18.8 Å². The molecule has 0 aliphatic carbocycles. The molecule has 1 aromatic heterocycles. The average Bonchev–Trinajstić information content (AvgIpc) is 3.46. The van der Waals surface area contributed by atoms with Gasteiger partial charge in [-0.05, 0) is 56.2 Å². The molecule has 2 heterocycles. The minimum absolute atomic E-state index is 0.0282. The molecule has 30 heavy (non-hydrogen) atoms. The Kier molecular flexibility index (Phi) is 6.14. The van der Waals surface area contributed by atoms with Crippen LogP contribution in [0.3, 0.4) is 0 Å². The fourth-order valence-corrected chi connectivity index (χ4v) is 3.61. The highest BCUT2D eigenvalue weighted by Crippen LogP contribution is 2.24. The van der Waals surface area contributed by atoms with Crippen LogP contribution in [0.4, 0.5) is 0 Å². The van der Waals surface area contributed by atoms with Crippen LogP contribution in [0, 0.1) is 6.92 Å². The Morgan fingerprint density at radius 1 is 1.17 bits per heavy atom. The summed E-state index contributed by atoms with van der Waals surface area (Å²) in [5, 5.41) is 4.20. The van der Waals surface area contributed by atoms with Crippen molar-refractivity contribution in [3.8, 4) is 17.1 Å². The van der Waals surface area contributed by atoms with Crippen molar-refractivity contribution in [1.82, 2.24) is 10.1 Å². The summed E-state index contributed by atoms with van der Waals surface area (Å²) in [6, 6.07) is 17.1. The molecule has 6 heteroatoms. The normalized spacial score (nSPS) is 15.9. The van der Waals surface area contributed by atoms with Gasteiger partial charge in [0.05, 0.1) is 19.8 Å². The Balaban J connectivity index is 1.52. The monoisotopic (exact) mass is 406 g/mol. The van der Waals surface area contributed by atoms with Crippen molar-refractivity contribution in [3.05, 3.63) is 71.4 Å². The first kappa shape index (κ1) is 20.2. The lowest BCUT2D eigenvalue weighted by Crippen LogP contribution is -2.37. The van der Waals surface area contributed by atoms with Gasteiger partial charge in [0.15, 0.2) is 5.76 Å². The van der Waals surface area contributed by atoms with Crippen LogP contribution in [0.25, 0.3) is 11.3 Å². The van der Waals surface area contributed by atoms with Gasteiger partial charge in [0.25, 0.3) is 5.91 Å². The third kappa shape index (κ3) is 4.71. The fraction of sp³-hybridized carbons (Fsp3) is 0.333. The van der Waals surface area contributed by atoms with E-state index in [1.807, 2.05) is 61.5 Å². The zero-order chi connectivity index (χ0) is 20.9. The number of carbonyl (C=O) groups is 1. The van der Waals surface area contributed by atoms with Gasteiger partial charge >= 0.3 is 0 Å². The molecule has 1 amide bonds. The number of nitrogens with zero attached hydrogens (tertiary/aromatic N) is 2. The molecule has 0 radical (unpaired) electrons. The van der Waals surface area contributed by atoms with E-state index in [0.717, 1.165) is 36.3 Å². The number of ether oxygens (including phenoxy) is 2. The molecule has 4 rings (SSSR count). The molecule has 1 aliphatic rings. The van der Waals surface area contributed by atoms with Gasteiger partial charge in [0.2, 0.25) is 0 Å². The molecule has 3 aromatic rings. The zero-order valence-corrected chi connectivity index (χ0v) is 17.3. The van der Waals surface area contributed by atoms with Gasteiger partial charge in [-0.25, -0.2) is 0 Å². The molecule has 0 spiro atoms. The predicted octanol–water partition coefficient (Wildman–Crippen LogP) is 4.48. The summed E-state index contributed by atoms with van der Waals surface area (Å²) in [6.07, 6.45) is 2.06. The number of amides is 1. The Bertz CT molecular complexity index is 973. The van der Waals surface area contributed by atoms with E-state index in [4.69, 9.17) is 14.0 Å². The number of benzene rings is 2. The summed E-state index contributed by atoms with van der Waals surface area (Å²) in [5.74, 6) is 1.41. The second kappa shape index (κ2) is 9.13. The minimum Gasteiger partial charge on any atom is -0.497 e. The quantitative estimate of drug-likeness (QED) is 0.579. The van der Waals surface area contributed by atoms with Gasteiger partial charge in [-0.2, -0.15) is 0 Å². The van der Waals surface area contributed by atoms with Crippen molar-refractivity contribution in [2.45, 2.75) is 32.4 Å². The Morgan fingerprint density at radius 3 is 2.60 bits per heavy atom. The molecule has 1 atom stereocenters. The Hall–Kier alpha value is -3.12. The summed E-state index contributed by atoms with van der Waals surface area (Å²) >= 11 is 0. The fourth-order valence-electron chi connectivity index (χ4n) is 3.61. The van der Waals surface area contributed by atoms with E-state index >= 15 is 0 Å². The maximum atomic E-state index is 13.2.